The number of halogens is 2. The fourth-order valence-electron chi connectivity index (χ4n) is 6.27. The first-order valence-electron chi connectivity index (χ1n) is 16.3. The lowest BCUT2D eigenvalue weighted by molar-refractivity contribution is 0.0985. The van der Waals surface area contributed by atoms with E-state index in [2.05, 4.69) is 40.3 Å². The Labute approximate surface area is 298 Å². The lowest BCUT2D eigenvalue weighted by Crippen LogP contribution is -2.40. The van der Waals surface area contributed by atoms with Crippen LogP contribution in [0.15, 0.2) is 66.3 Å². The number of aliphatic hydroxyl groups excluding tert-OH is 1. The van der Waals surface area contributed by atoms with Gasteiger partial charge in [0.05, 0.1) is 29.6 Å². The van der Waals surface area contributed by atoms with Crippen LogP contribution in [0.3, 0.4) is 0 Å². The van der Waals surface area contributed by atoms with Crippen LogP contribution in [0.2, 0.25) is 10.0 Å². The smallest absolute Gasteiger partial charge is 0.211 e. The molecule has 3 aliphatic rings. The number of β-amino-alcohol motifs (C(OH)–C–C–N with tert-alkyl or cyclic N) is 1. The lowest BCUT2D eigenvalue weighted by Gasteiger charge is -2.29. The third-order valence-electron chi connectivity index (χ3n) is 8.90. The number of rotatable bonds is 10. The summed E-state index contributed by atoms with van der Waals surface area (Å²) in [6.07, 6.45) is 8.49. The zero-order valence-corrected chi connectivity index (χ0v) is 30.2. The Kier molecular flexibility index (Phi) is 11.7. The van der Waals surface area contributed by atoms with Crippen molar-refractivity contribution in [3.8, 4) is 23.1 Å². The number of benzene rings is 2. The molecule has 0 spiro atoms. The minimum Gasteiger partial charge on any atom is -0.390 e. The van der Waals surface area contributed by atoms with Gasteiger partial charge in [0.15, 0.2) is 0 Å². The van der Waals surface area contributed by atoms with Gasteiger partial charge >= 0.3 is 0 Å². The summed E-state index contributed by atoms with van der Waals surface area (Å²) in [7, 11) is -3.38. The summed E-state index contributed by atoms with van der Waals surface area (Å²) in [6.45, 7) is 5.05. The van der Waals surface area contributed by atoms with E-state index in [9.17, 15) is 13.5 Å². The normalized spacial score (nSPS) is 19.3. The number of aliphatic hydroxyl groups is 1. The van der Waals surface area contributed by atoms with Crippen molar-refractivity contribution < 1.29 is 13.5 Å². The Bertz CT molecular complexity index is 1840. The molecule has 2 atom stereocenters. The van der Waals surface area contributed by atoms with Gasteiger partial charge in [-0.1, -0.05) is 71.5 Å². The molecule has 0 radical (unpaired) electrons. The molecule has 1 aliphatic carbocycles. The number of thioether (sulfide) groups is 1. The maximum atomic E-state index is 12.5. The second-order valence-corrected chi connectivity index (χ2v) is 16.6. The second-order valence-electron chi connectivity index (χ2n) is 12.5. The van der Waals surface area contributed by atoms with E-state index in [4.69, 9.17) is 28.3 Å². The van der Waals surface area contributed by atoms with Gasteiger partial charge < -0.3 is 10.4 Å². The molecule has 2 aliphatic heterocycles. The van der Waals surface area contributed by atoms with Gasteiger partial charge in [0.25, 0.3) is 0 Å². The van der Waals surface area contributed by atoms with Gasteiger partial charge in [-0.15, -0.1) is 0 Å². The van der Waals surface area contributed by atoms with Gasteiger partial charge in [0.2, 0.25) is 10.0 Å². The summed E-state index contributed by atoms with van der Waals surface area (Å²) in [6, 6.07) is 13.5. The quantitative estimate of drug-likeness (QED) is 0.277. The van der Waals surface area contributed by atoms with Gasteiger partial charge in [-0.3, -0.25) is 9.58 Å². The van der Waals surface area contributed by atoms with Crippen LogP contribution in [0.5, 0.6) is 0 Å². The van der Waals surface area contributed by atoms with Crippen LogP contribution in [0.25, 0.3) is 11.3 Å². The highest BCUT2D eigenvalue weighted by Gasteiger charge is 2.30. The maximum Gasteiger partial charge on any atom is 0.211 e. The molecule has 1 fully saturated rings. The Morgan fingerprint density at radius 2 is 1.88 bits per heavy atom. The highest BCUT2D eigenvalue weighted by atomic mass is 35.5. The number of hydrogen-bond acceptors (Lipinski definition) is 7. The average molecular weight is 727 g/mol. The Balaban J connectivity index is 1.16. The lowest BCUT2D eigenvalue weighted by atomic mass is 9.96. The number of sulfonamides is 1. The molecule has 3 aromatic rings. The maximum absolute atomic E-state index is 12.5. The van der Waals surface area contributed by atoms with Gasteiger partial charge in [-0.05, 0) is 41.8 Å². The third kappa shape index (κ3) is 9.14. The van der Waals surface area contributed by atoms with Crippen molar-refractivity contribution in [1.29, 1.82) is 0 Å². The van der Waals surface area contributed by atoms with E-state index < -0.39 is 16.1 Å². The number of hydrogen-bond donors (Lipinski definition) is 2. The summed E-state index contributed by atoms with van der Waals surface area (Å²) in [5, 5.41) is 20.8. The summed E-state index contributed by atoms with van der Waals surface area (Å²) in [5.74, 6) is 8.90. The van der Waals surface area contributed by atoms with Crippen molar-refractivity contribution in [2.75, 3.05) is 50.5 Å². The van der Waals surface area contributed by atoms with Crippen molar-refractivity contribution in [3.63, 3.8) is 0 Å². The van der Waals surface area contributed by atoms with Crippen LogP contribution in [-0.4, -0.2) is 89.1 Å². The number of aromatic nitrogens is 2. The first kappa shape index (κ1) is 35.2. The van der Waals surface area contributed by atoms with Crippen molar-refractivity contribution in [3.05, 3.63) is 98.7 Å². The van der Waals surface area contributed by atoms with Crippen LogP contribution in [0, 0.1) is 17.8 Å². The highest BCUT2D eigenvalue weighted by molar-refractivity contribution is 7.99. The third-order valence-corrected chi connectivity index (χ3v) is 11.7. The molecule has 6 rings (SSSR count). The topological polar surface area (TPSA) is 90.7 Å². The van der Waals surface area contributed by atoms with Crippen LogP contribution < -0.4 is 5.32 Å². The molecule has 8 nitrogen and oxygen atoms in total. The van der Waals surface area contributed by atoms with Gasteiger partial charge in [0.1, 0.15) is 0 Å². The second kappa shape index (κ2) is 16.0. The molecule has 2 N–H and O–H groups in total. The summed E-state index contributed by atoms with van der Waals surface area (Å²) < 4.78 is 28.4. The zero-order chi connectivity index (χ0) is 33.7. The summed E-state index contributed by atoms with van der Waals surface area (Å²) >= 11 is 14.6. The molecular formula is C36H41Cl2N5O3S2. The molecule has 1 unspecified atom stereocenters. The average Bonchev–Trinajstić information content (AvgIpc) is 3.43. The fourth-order valence-corrected chi connectivity index (χ4v) is 8.32. The summed E-state index contributed by atoms with van der Waals surface area (Å²) in [5.41, 5.74) is 6.48. The van der Waals surface area contributed by atoms with Gasteiger partial charge in [-0.25, -0.2) is 8.42 Å². The molecule has 2 aromatic carbocycles. The Hall–Kier alpha value is -2.59. The standard InChI is InChI=1S/C36H41Cl2N5O3S2/c1-48(45,46)42-15-14-35-33(25-42)36(40-43(35)24-32(44)23-41-16-18-47-19-17-41)30-10-13-34(38)29(20-30)9-6-26-2-4-27(5-3-26)21-39-22-28-7-11-31(37)12-8-28/h2,4-5,7-8,10-13,20,26,32,39,44H,3,14-19,21-25H2,1H3/t26?,32-/m1/s1. The minimum atomic E-state index is -3.38. The predicted octanol–water partition coefficient (Wildman–Crippen LogP) is 5.23. The molecule has 12 heteroatoms. The molecule has 1 saturated heterocycles. The van der Waals surface area contributed by atoms with Crippen molar-refractivity contribution in [1.82, 2.24) is 24.3 Å². The van der Waals surface area contributed by atoms with Crippen LogP contribution in [0.4, 0.5) is 0 Å². The van der Waals surface area contributed by atoms with Crippen LogP contribution in [0.1, 0.15) is 28.8 Å². The minimum absolute atomic E-state index is 0.0695. The number of nitrogens with zero attached hydrogens (tertiary/aromatic N) is 4. The van der Waals surface area contributed by atoms with E-state index in [1.54, 1.807) is 0 Å². The SMILES string of the molecule is CS(=O)(=O)N1CCc2c(c(-c3ccc(Cl)c(C#CC4C=CC(CNCc5ccc(Cl)cc5)=CC4)c3)nn2C[C@H](O)CN2CCSCC2)C1. The number of fused-ring (bicyclic) bond motifs is 1. The van der Waals surface area contributed by atoms with Crippen molar-refractivity contribution >= 4 is 45.0 Å². The molecule has 254 valence electrons. The molecule has 1 aromatic heterocycles. The van der Waals surface area contributed by atoms with Crippen molar-refractivity contribution in [2.24, 2.45) is 5.92 Å². The van der Waals surface area contributed by atoms with Crippen LogP contribution in [-0.2, 0) is 36.1 Å². The van der Waals surface area contributed by atoms with Crippen molar-refractivity contribution in [2.45, 2.75) is 38.6 Å². The number of nitrogens with one attached hydrogen (secondary N) is 1. The van der Waals surface area contributed by atoms with Crippen LogP contribution >= 0.6 is 35.0 Å². The molecule has 0 saturated carbocycles. The van der Waals surface area contributed by atoms with E-state index >= 15 is 0 Å². The van der Waals surface area contributed by atoms with Gasteiger partial charge in [0, 0.05) is 97.1 Å². The number of allylic oxidation sites excluding steroid dienone is 2. The molecule has 48 heavy (non-hydrogen) atoms. The van der Waals surface area contributed by atoms with E-state index in [0.717, 1.165) is 65.9 Å². The predicted molar refractivity (Wildman–Crippen MR) is 197 cm³/mol. The first-order chi connectivity index (χ1) is 23.1. The van der Waals surface area contributed by atoms with Gasteiger partial charge in [-0.2, -0.15) is 21.2 Å². The highest BCUT2D eigenvalue weighted by Crippen LogP contribution is 2.33. The first-order valence-corrected chi connectivity index (χ1v) is 20.0. The largest absolute Gasteiger partial charge is 0.390 e. The molecular weight excluding hydrogens is 685 g/mol. The summed E-state index contributed by atoms with van der Waals surface area (Å²) in [4.78, 5) is 2.30. The van der Waals surface area contributed by atoms with E-state index in [1.807, 2.05) is 58.9 Å². The van der Waals surface area contributed by atoms with E-state index in [-0.39, 0.29) is 12.5 Å². The Morgan fingerprint density at radius 3 is 2.60 bits per heavy atom. The fraction of sp³-hybridized carbons (Fsp3) is 0.417. The molecule has 0 bridgehead atoms. The Morgan fingerprint density at radius 1 is 1.08 bits per heavy atom. The molecule has 3 heterocycles. The monoisotopic (exact) mass is 725 g/mol. The van der Waals surface area contributed by atoms with E-state index in [0.29, 0.717) is 42.3 Å². The molecule has 0 amide bonds. The van der Waals surface area contributed by atoms with E-state index in [1.165, 1.54) is 21.7 Å². The zero-order valence-electron chi connectivity index (χ0n) is 27.0.